The lowest BCUT2D eigenvalue weighted by molar-refractivity contribution is 0.0943. The minimum Gasteiger partial charge on any atom is -0.505 e. The molecule has 0 radical (unpaired) electrons. The van der Waals surface area contributed by atoms with Gasteiger partial charge in [0.1, 0.15) is 5.75 Å². The summed E-state index contributed by atoms with van der Waals surface area (Å²) in [6.07, 6.45) is 1.44. The van der Waals surface area contributed by atoms with Crippen molar-refractivity contribution in [2.45, 2.75) is 6.54 Å². The first kappa shape index (κ1) is 16.4. The van der Waals surface area contributed by atoms with Gasteiger partial charge in [-0.3, -0.25) is 4.79 Å². The first-order chi connectivity index (χ1) is 11.1. The highest BCUT2D eigenvalue weighted by molar-refractivity contribution is 5.94. The molecule has 23 heavy (non-hydrogen) atoms. The summed E-state index contributed by atoms with van der Waals surface area (Å²) < 4.78 is 15.8. The van der Waals surface area contributed by atoms with Crippen molar-refractivity contribution in [1.82, 2.24) is 10.3 Å². The molecule has 0 spiro atoms. The smallest absolute Gasteiger partial charge is 0.273 e. The number of amides is 1. The highest BCUT2D eigenvalue weighted by Crippen LogP contribution is 2.38. The van der Waals surface area contributed by atoms with Gasteiger partial charge in [0.2, 0.25) is 5.75 Å². The number of carbonyl (C=O) groups is 1. The van der Waals surface area contributed by atoms with Gasteiger partial charge < -0.3 is 24.6 Å². The van der Waals surface area contributed by atoms with E-state index >= 15 is 0 Å². The van der Waals surface area contributed by atoms with E-state index in [4.69, 9.17) is 14.2 Å². The Kier molecular flexibility index (Phi) is 5.24. The number of nitrogens with zero attached hydrogens (tertiary/aromatic N) is 1. The Morgan fingerprint density at radius 3 is 2.35 bits per heavy atom. The summed E-state index contributed by atoms with van der Waals surface area (Å²) in [5.41, 5.74) is 0.725. The maximum atomic E-state index is 12.1. The molecule has 0 unspecified atom stereocenters. The molecule has 0 aliphatic heterocycles. The van der Waals surface area contributed by atoms with Crippen LogP contribution in [0.3, 0.4) is 0 Å². The standard InChI is InChI=1S/C16H18N2O5/c1-21-12-7-10(8-13(22-2)15(12)23-3)9-18-16(20)14-11(19)5-4-6-17-14/h4-8,19H,9H2,1-3H3,(H,18,20). The van der Waals surface area contributed by atoms with Crippen LogP contribution in [0.5, 0.6) is 23.0 Å². The van der Waals surface area contributed by atoms with Crippen LogP contribution in [-0.2, 0) is 6.54 Å². The number of hydrogen-bond donors (Lipinski definition) is 2. The lowest BCUT2D eigenvalue weighted by Gasteiger charge is -2.14. The number of carbonyl (C=O) groups excluding carboxylic acids is 1. The summed E-state index contributed by atoms with van der Waals surface area (Å²) in [7, 11) is 4.56. The van der Waals surface area contributed by atoms with Crippen LogP contribution in [0.15, 0.2) is 30.5 Å². The zero-order chi connectivity index (χ0) is 16.8. The molecule has 1 amide bonds. The van der Waals surface area contributed by atoms with E-state index in [9.17, 15) is 9.90 Å². The molecule has 0 atom stereocenters. The van der Waals surface area contributed by atoms with Crippen molar-refractivity contribution in [3.63, 3.8) is 0 Å². The van der Waals surface area contributed by atoms with Crippen molar-refractivity contribution in [2.75, 3.05) is 21.3 Å². The first-order valence-corrected chi connectivity index (χ1v) is 6.81. The topological polar surface area (TPSA) is 89.9 Å². The van der Waals surface area contributed by atoms with Gasteiger partial charge in [-0.2, -0.15) is 0 Å². The van der Waals surface area contributed by atoms with E-state index in [1.807, 2.05) is 0 Å². The maximum Gasteiger partial charge on any atom is 0.273 e. The second-order valence-corrected chi connectivity index (χ2v) is 4.59. The van der Waals surface area contributed by atoms with Crippen molar-refractivity contribution in [3.8, 4) is 23.0 Å². The van der Waals surface area contributed by atoms with Crippen molar-refractivity contribution in [2.24, 2.45) is 0 Å². The number of methoxy groups -OCH3 is 3. The van der Waals surface area contributed by atoms with Crippen LogP contribution in [0, 0.1) is 0 Å². The summed E-state index contributed by atoms with van der Waals surface area (Å²) in [4.78, 5) is 15.9. The summed E-state index contributed by atoms with van der Waals surface area (Å²) in [5, 5.41) is 12.3. The SMILES string of the molecule is COc1cc(CNC(=O)c2ncccc2O)cc(OC)c1OC. The second-order valence-electron chi connectivity index (χ2n) is 4.59. The molecule has 0 aliphatic rings. The lowest BCUT2D eigenvalue weighted by atomic mass is 10.1. The van der Waals surface area contributed by atoms with E-state index in [2.05, 4.69) is 10.3 Å². The number of rotatable bonds is 6. The molecule has 1 heterocycles. The Labute approximate surface area is 133 Å². The number of ether oxygens (including phenoxy) is 3. The van der Waals surface area contributed by atoms with Gasteiger partial charge in [0.05, 0.1) is 21.3 Å². The number of pyridine rings is 1. The Morgan fingerprint density at radius 1 is 1.17 bits per heavy atom. The second kappa shape index (κ2) is 7.35. The van der Waals surface area contributed by atoms with Crippen LogP contribution in [0.1, 0.15) is 16.1 Å². The highest BCUT2D eigenvalue weighted by Gasteiger charge is 2.15. The zero-order valence-corrected chi connectivity index (χ0v) is 13.1. The van der Waals surface area contributed by atoms with E-state index < -0.39 is 5.91 Å². The molecule has 7 nitrogen and oxygen atoms in total. The third-order valence-electron chi connectivity index (χ3n) is 3.18. The Morgan fingerprint density at radius 2 is 1.83 bits per heavy atom. The number of benzene rings is 1. The highest BCUT2D eigenvalue weighted by atomic mass is 16.5. The predicted octanol–water partition coefficient (Wildman–Crippen LogP) is 1.74. The fourth-order valence-corrected chi connectivity index (χ4v) is 2.08. The molecule has 0 fully saturated rings. The number of aromatic hydroxyl groups is 1. The van der Waals surface area contributed by atoms with Crippen LogP contribution in [-0.4, -0.2) is 37.3 Å². The molecule has 0 aliphatic carbocycles. The Balaban J connectivity index is 2.17. The molecule has 7 heteroatoms. The van der Waals surface area contributed by atoms with Gasteiger partial charge in [0.15, 0.2) is 17.2 Å². The number of aromatic nitrogens is 1. The molecule has 1 aromatic heterocycles. The summed E-state index contributed by atoms with van der Waals surface area (Å²) in [6.45, 7) is 0.214. The third-order valence-corrected chi connectivity index (χ3v) is 3.18. The van der Waals surface area contributed by atoms with Gasteiger partial charge in [-0.25, -0.2) is 4.98 Å². The monoisotopic (exact) mass is 318 g/mol. The van der Waals surface area contributed by atoms with Crippen LogP contribution in [0.4, 0.5) is 0 Å². The van der Waals surface area contributed by atoms with Crippen molar-refractivity contribution < 1.29 is 24.1 Å². The van der Waals surface area contributed by atoms with E-state index in [-0.39, 0.29) is 18.0 Å². The minimum absolute atomic E-state index is 0.0278. The summed E-state index contributed by atoms with van der Waals surface area (Å²) >= 11 is 0. The van der Waals surface area contributed by atoms with Crippen molar-refractivity contribution in [3.05, 3.63) is 41.7 Å². The number of hydrogen-bond acceptors (Lipinski definition) is 6. The minimum atomic E-state index is -0.475. The zero-order valence-electron chi connectivity index (χ0n) is 13.1. The van der Waals surface area contributed by atoms with Crippen LogP contribution < -0.4 is 19.5 Å². The van der Waals surface area contributed by atoms with Gasteiger partial charge in [0.25, 0.3) is 5.91 Å². The van der Waals surface area contributed by atoms with Crippen LogP contribution in [0.2, 0.25) is 0 Å². The quantitative estimate of drug-likeness (QED) is 0.843. The van der Waals surface area contributed by atoms with Crippen LogP contribution >= 0.6 is 0 Å². The maximum absolute atomic E-state index is 12.1. The average molecular weight is 318 g/mol. The van der Waals surface area contributed by atoms with E-state index in [0.717, 1.165) is 5.56 Å². The molecule has 0 bridgehead atoms. The van der Waals surface area contributed by atoms with E-state index in [1.54, 1.807) is 18.2 Å². The molecule has 2 aromatic rings. The van der Waals surface area contributed by atoms with E-state index in [0.29, 0.717) is 17.2 Å². The molecule has 2 rings (SSSR count). The van der Waals surface area contributed by atoms with Crippen LogP contribution in [0.25, 0.3) is 0 Å². The Hall–Kier alpha value is -2.96. The normalized spacial score (nSPS) is 10.0. The molecule has 122 valence electrons. The summed E-state index contributed by atoms with van der Waals surface area (Å²) in [5.74, 6) is 0.827. The first-order valence-electron chi connectivity index (χ1n) is 6.81. The Bertz CT molecular complexity index is 678. The fourth-order valence-electron chi connectivity index (χ4n) is 2.08. The van der Waals surface area contributed by atoms with E-state index in [1.165, 1.54) is 33.6 Å². The average Bonchev–Trinajstić information content (AvgIpc) is 2.58. The van der Waals surface area contributed by atoms with Gasteiger partial charge >= 0.3 is 0 Å². The van der Waals surface area contributed by atoms with Gasteiger partial charge in [-0.05, 0) is 29.8 Å². The lowest BCUT2D eigenvalue weighted by Crippen LogP contribution is -2.23. The molecule has 2 N–H and O–H groups in total. The molecular weight excluding hydrogens is 300 g/mol. The van der Waals surface area contributed by atoms with Crippen molar-refractivity contribution in [1.29, 1.82) is 0 Å². The molecule has 0 saturated heterocycles. The largest absolute Gasteiger partial charge is 0.505 e. The molecular formula is C16H18N2O5. The summed E-state index contributed by atoms with van der Waals surface area (Å²) in [6, 6.07) is 6.42. The van der Waals surface area contributed by atoms with Crippen molar-refractivity contribution >= 4 is 5.91 Å². The molecule has 0 saturated carbocycles. The number of nitrogens with one attached hydrogen (secondary N) is 1. The van der Waals surface area contributed by atoms with Gasteiger partial charge in [-0.15, -0.1) is 0 Å². The van der Waals surface area contributed by atoms with Gasteiger partial charge in [0, 0.05) is 12.7 Å². The third kappa shape index (κ3) is 3.63. The fraction of sp³-hybridized carbons (Fsp3) is 0.250. The van der Waals surface area contributed by atoms with Gasteiger partial charge in [-0.1, -0.05) is 0 Å². The molecule has 1 aromatic carbocycles. The predicted molar refractivity (Wildman–Crippen MR) is 83.2 cm³/mol.